The van der Waals surface area contributed by atoms with Gasteiger partial charge in [0.2, 0.25) is 0 Å². The monoisotopic (exact) mass is 328 g/mol. The van der Waals surface area contributed by atoms with Crippen molar-refractivity contribution in [2.45, 2.75) is 19.4 Å². The quantitative estimate of drug-likeness (QED) is 0.881. The van der Waals surface area contributed by atoms with Gasteiger partial charge in [-0.3, -0.25) is 4.79 Å². The highest BCUT2D eigenvalue weighted by Gasteiger charge is 2.23. The molecular formula is C18H20N2O4. The second-order valence-corrected chi connectivity index (χ2v) is 5.33. The predicted octanol–water partition coefficient (Wildman–Crippen LogP) is 3.01. The standard InChI is InChI=1S/C18H20N2O4/c1-4-16(12-7-5-8-13(11-12)24-3)20(2)17(21)14-9-6-10-15(19-14)18(22)23/h5-11,16H,4H2,1-3H3,(H,22,23). The molecule has 1 unspecified atom stereocenters. The van der Waals surface area contributed by atoms with Crippen LogP contribution < -0.4 is 4.74 Å². The smallest absolute Gasteiger partial charge is 0.354 e. The lowest BCUT2D eigenvalue weighted by Crippen LogP contribution is -2.31. The number of aromatic carboxylic acids is 1. The number of pyridine rings is 1. The Morgan fingerprint density at radius 1 is 1.21 bits per heavy atom. The number of carbonyl (C=O) groups excluding carboxylic acids is 1. The number of ether oxygens (including phenoxy) is 1. The highest BCUT2D eigenvalue weighted by molar-refractivity contribution is 5.94. The molecule has 0 fully saturated rings. The Morgan fingerprint density at radius 2 is 1.88 bits per heavy atom. The zero-order chi connectivity index (χ0) is 17.7. The van der Waals surface area contributed by atoms with Gasteiger partial charge in [0.1, 0.15) is 17.1 Å². The Kier molecular flexibility index (Phi) is 5.52. The van der Waals surface area contributed by atoms with Gasteiger partial charge >= 0.3 is 5.97 Å². The van der Waals surface area contributed by atoms with Crippen molar-refractivity contribution in [2.24, 2.45) is 0 Å². The van der Waals surface area contributed by atoms with Crippen molar-refractivity contribution in [1.82, 2.24) is 9.88 Å². The molecule has 2 aromatic rings. The largest absolute Gasteiger partial charge is 0.497 e. The molecule has 6 nitrogen and oxygen atoms in total. The first-order valence-corrected chi connectivity index (χ1v) is 7.59. The molecule has 0 bridgehead atoms. The molecule has 0 aliphatic rings. The van der Waals surface area contributed by atoms with E-state index in [4.69, 9.17) is 9.84 Å². The van der Waals surface area contributed by atoms with E-state index in [-0.39, 0.29) is 23.3 Å². The van der Waals surface area contributed by atoms with Crippen molar-refractivity contribution in [3.8, 4) is 5.75 Å². The maximum absolute atomic E-state index is 12.7. The third-order valence-electron chi connectivity index (χ3n) is 3.84. The first-order chi connectivity index (χ1) is 11.5. The Hall–Kier alpha value is -2.89. The number of carboxylic acids is 1. The van der Waals surface area contributed by atoms with E-state index in [0.29, 0.717) is 6.42 Å². The molecule has 126 valence electrons. The summed E-state index contributed by atoms with van der Waals surface area (Å²) < 4.78 is 5.24. The SMILES string of the molecule is CCC(c1cccc(OC)c1)N(C)C(=O)c1cccc(C(=O)O)n1. The van der Waals surface area contributed by atoms with Crippen LogP contribution in [-0.4, -0.2) is 41.0 Å². The lowest BCUT2D eigenvalue weighted by atomic mass is 10.0. The number of carbonyl (C=O) groups is 2. The minimum atomic E-state index is -1.16. The van der Waals surface area contributed by atoms with Crippen LogP contribution in [-0.2, 0) is 0 Å². The molecule has 1 N–H and O–H groups in total. The van der Waals surface area contributed by atoms with Crippen molar-refractivity contribution in [1.29, 1.82) is 0 Å². The first kappa shape index (κ1) is 17.5. The van der Waals surface area contributed by atoms with Gasteiger partial charge in [0.15, 0.2) is 0 Å². The zero-order valence-corrected chi connectivity index (χ0v) is 13.9. The number of nitrogens with zero attached hydrogens (tertiary/aromatic N) is 2. The van der Waals surface area contributed by atoms with Crippen LogP contribution in [0.4, 0.5) is 0 Å². The van der Waals surface area contributed by atoms with Gasteiger partial charge in [-0.1, -0.05) is 25.1 Å². The van der Waals surface area contributed by atoms with Crippen molar-refractivity contribution in [3.63, 3.8) is 0 Å². The van der Waals surface area contributed by atoms with Crippen molar-refractivity contribution in [2.75, 3.05) is 14.2 Å². The van der Waals surface area contributed by atoms with Gasteiger partial charge in [0.05, 0.1) is 13.2 Å². The van der Waals surface area contributed by atoms with Gasteiger partial charge in [-0.2, -0.15) is 0 Å². The summed E-state index contributed by atoms with van der Waals surface area (Å²) in [5.41, 5.74) is 0.907. The number of amides is 1. The summed E-state index contributed by atoms with van der Waals surface area (Å²) in [6, 6.07) is 11.8. The van der Waals surface area contributed by atoms with Crippen LogP contribution in [0.25, 0.3) is 0 Å². The molecule has 1 aromatic heterocycles. The Labute approximate surface area is 140 Å². The summed E-state index contributed by atoms with van der Waals surface area (Å²) >= 11 is 0. The molecule has 0 saturated carbocycles. The highest BCUT2D eigenvalue weighted by Crippen LogP contribution is 2.27. The Bertz CT molecular complexity index is 745. The molecule has 0 aliphatic heterocycles. The Morgan fingerprint density at radius 3 is 2.50 bits per heavy atom. The van der Waals surface area contributed by atoms with E-state index in [0.717, 1.165) is 11.3 Å². The molecule has 1 atom stereocenters. The Balaban J connectivity index is 2.30. The summed E-state index contributed by atoms with van der Waals surface area (Å²) in [4.78, 5) is 29.2. The molecule has 6 heteroatoms. The number of benzene rings is 1. The molecule has 0 radical (unpaired) electrons. The maximum atomic E-state index is 12.7. The van der Waals surface area contributed by atoms with Crippen molar-refractivity contribution < 1.29 is 19.4 Å². The zero-order valence-electron chi connectivity index (χ0n) is 13.9. The average molecular weight is 328 g/mol. The molecule has 24 heavy (non-hydrogen) atoms. The minimum Gasteiger partial charge on any atom is -0.497 e. The maximum Gasteiger partial charge on any atom is 0.354 e. The second-order valence-electron chi connectivity index (χ2n) is 5.33. The summed E-state index contributed by atoms with van der Waals surface area (Å²) in [6.07, 6.45) is 0.702. The van der Waals surface area contributed by atoms with Crippen molar-refractivity contribution in [3.05, 3.63) is 59.4 Å². The summed E-state index contributed by atoms with van der Waals surface area (Å²) in [7, 11) is 3.28. The van der Waals surface area contributed by atoms with E-state index in [1.807, 2.05) is 31.2 Å². The van der Waals surface area contributed by atoms with E-state index in [1.54, 1.807) is 19.1 Å². The number of methoxy groups -OCH3 is 1. The number of hydrogen-bond acceptors (Lipinski definition) is 4. The van der Waals surface area contributed by atoms with E-state index in [1.165, 1.54) is 18.2 Å². The van der Waals surface area contributed by atoms with Crippen molar-refractivity contribution >= 4 is 11.9 Å². The topological polar surface area (TPSA) is 79.7 Å². The van der Waals surface area contributed by atoms with Crippen LogP contribution in [0.5, 0.6) is 5.75 Å². The second kappa shape index (κ2) is 7.59. The summed E-state index contributed by atoms with van der Waals surface area (Å²) in [6.45, 7) is 1.98. The molecule has 1 aromatic carbocycles. The number of carboxylic acid groups (broad SMARTS) is 1. The number of hydrogen-bond donors (Lipinski definition) is 1. The van der Waals surface area contributed by atoms with Gasteiger partial charge in [-0.15, -0.1) is 0 Å². The number of aromatic nitrogens is 1. The van der Waals surface area contributed by atoms with E-state index >= 15 is 0 Å². The van der Waals surface area contributed by atoms with E-state index in [9.17, 15) is 9.59 Å². The third-order valence-corrected chi connectivity index (χ3v) is 3.84. The van der Waals surface area contributed by atoms with Crippen LogP contribution in [0.3, 0.4) is 0 Å². The summed E-state index contributed by atoms with van der Waals surface area (Å²) in [5.74, 6) is -0.766. The molecule has 0 saturated heterocycles. The molecular weight excluding hydrogens is 308 g/mol. The summed E-state index contributed by atoms with van der Waals surface area (Å²) in [5, 5.41) is 9.02. The van der Waals surface area contributed by atoms with Crippen LogP contribution >= 0.6 is 0 Å². The minimum absolute atomic E-state index is 0.110. The van der Waals surface area contributed by atoms with Gasteiger partial charge < -0.3 is 14.7 Å². The molecule has 1 heterocycles. The predicted molar refractivity (Wildman–Crippen MR) is 89.3 cm³/mol. The lowest BCUT2D eigenvalue weighted by Gasteiger charge is -2.27. The first-order valence-electron chi connectivity index (χ1n) is 7.59. The van der Waals surface area contributed by atoms with Crippen LogP contribution in [0, 0.1) is 0 Å². The van der Waals surface area contributed by atoms with Gasteiger partial charge in [0.25, 0.3) is 5.91 Å². The molecule has 1 amide bonds. The normalized spacial score (nSPS) is 11.6. The van der Waals surface area contributed by atoms with Crippen LogP contribution in [0.1, 0.15) is 45.9 Å². The average Bonchev–Trinajstić information content (AvgIpc) is 2.61. The molecule has 0 aliphatic carbocycles. The molecule has 0 spiro atoms. The third kappa shape index (κ3) is 3.71. The lowest BCUT2D eigenvalue weighted by molar-refractivity contribution is 0.0689. The fourth-order valence-electron chi connectivity index (χ4n) is 2.58. The van der Waals surface area contributed by atoms with Crippen LogP contribution in [0.2, 0.25) is 0 Å². The fraction of sp³-hybridized carbons (Fsp3) is 0.278. The van der Waals surface area contributed by atoms with Crippen LogP contribution in [0.15, 0.2) is 42.5 Å². The highest BCUT2D eigenvalue weighted by atomic mass is 16.5. The van der Waals surface area contributed by atoms with Gasteiger partial charge in [0, 0.05) is 7.05 Å². The van der Waals surface area contributed by atoms with E-state index in [2.05, 4.69) is 4.98 Å². The van der Waals surface area contributed by atoms with E-state index < -0.39 is 5.97 Å². The fourth-order valence-corrected chi connectivity index (χ4v) is 2.58. The van der Waals surface area contributed by atoms with Gasteiger partial charge in [-0.05, 0) is 36.2 Å². The molecule has 2 rings (SSSR count). The number of rotatable bonds is 6. The van der Waals surface area contributed by atoms with Gasteiger partial charge in [-0.25, -0.2) is 9.78 Å².